The maximum atomic E-state index is 2.47. The van der Waals surface area contributed by atoms with Crippen LogP contribution in [0.25, 0.3) is 11.1 Å². The summed E-state index contributed by atoms with van der Waals surface area (Å²) in [5.41, 5.74) is 5.60. The molecule has 0 spiro atoms. The van der Waals surface area contributed by atoms with E-state index >= 15 is 0 Å². The Balaban J connectivity index is 1.59. The molecule has 0 saturated heterocycles. The minimum atomic E-state index is 0.757. The van der Waals surface area contributed by atoms with Crippen LogP contribution in [0, 0.1) is 5.92 Å². The molecule has 0 radical (unpaired) electrons. The molecule has 132 valence electrons. The second-order valence-electron chi connectivity index (χ2n) is 7.50. The smallest absolute Gasteiger partial charge is 0.0162 e. The average molecular weight is 333 g/mol. The minimum Gasteiger partial charge on any atom is -0.0883 e. The standard InChI is InChI=1S/C25H32/c1-3-5-6-7-21-10-14-23(15-11-21)25-18-16-24(17-19-25)22-12-8-20(4-2)9-13-22/h6-9,12-13,16-19,21,23H,3-5,10-11,14-15H2,1-2H3/b7-6+. The van der Waals surface area contributed by atoms with Crippen molar-refractivity contribution in [1.82, 2.24) is 0 Å². The van der Waals surface area contributed by atoms with Crippen LogP contribution in [0.1, 0.15) is 69.4 Å². The Bertz CT molecular complexity index is 652. The number of unbranched alkanes of at least 4 members (excludes halogenated alkanes) is 1. The summed E-state index contributed by atoms with van der Waals surface area (Å²) in [5.74, 6) is 1.58. The summed E-state index contributed by atoms with van der Waals surface area (Å²) in [6.45, 7) is 4.46. The van der Waals surface area contributed by atoms with Crippen molar-refractivity contribution in [2.75, 3.05) is 0 Å². The predicted octanol–water partition coefficient (Wildman–Crippen LogP) is 7.55. The summed E-state index contributed by atoms with van der Waals surface area (Å²) in [5, 5.41) is 0. The van der Waals surface area contributed by atoms with Crippen LogP contribution in [0.4, 0.5) is 0 Å². The number of rotatable bonds is 6. The first-order valence-electron chi connectivity index (χ1n) is 10.2. The molecule has 2 aromatic carbocycles. The van der Waals surface area contributed by atoms with E-state index in [0.717, 1.165) is 18.3 Å². The molecule has 0 amide bonds. The lowest BCUT2D eigenvalue weighted by molar-refractivity contribution is 0.375. The van der Waals surface area contributed by atoms with Gasteiger partial charge < -0.3 is 0 Å². The first-order chi connectivity index (χ1) is 12.3. The van der Waals surface area contributed by atoms with E-state index in [2.05, 4.69) is 74.5 Å². The fourth-order valence-corrected chi connectivity index (χ4v) is 3.98. The molecule has 3 rings (SSSR count). The Labute approximate surface area is 154 Å². The van der Waals surface area contributed by atoms with Gasteiger partial charge in [0.15, 0.2) is 0 Å². The molecule has 0 aromatic heterocycles. The maximum absolute atomic E-state index is 2.47. The normalized spacial score (nSPS) is 20.9. The van der Waals surface area contributed by atoms with Gasteiger partial charge in [0.05, 0.1) is 0 Å². The Morgan fingerprint density at radius 2 is 1.40 bits per heavy atom. The summed E-state index contributed by atoms with van der Waals surface area (Å²) in [6.07, 6.45) is 13.9. The van der Waals surface area contributed by atoms with Crippen molar-refractivity contribution in [2.24, 2.45) is 5.92 Å². The lowest BCUT2D eigenvalue weighted by atomic mass is 9.78. The monoisotopic (exact) mass is 332 g/mol. The maximum Gasteiger partial charge on any atom is -0.0162 e. The molecule has 0 nitrogen and oxygen atoms in total. The van der Waals surface area contributed by atoms with Crippen LogP contribution < -0.4 is 0 Å². The van der Waals surface area contributed by atoms with Crippen LogP contribution in [0.3, 0.4) is 0 Å². The highest BCUT2D eigenvalue weighted by molar-refractivity contribution is 5.64. The van der Waals surface area contributed by atoms with Crippen LogP contribution in [-0.2, 0) is 6.42 Å². The summed E-state index contributed by atoms with van der Waals surface area (Å²) in [4.78, 5) is 0. The summed E-state index contributed by atoms with van der Waals surface area (Å²) in [7, 11) is 0. The molecule has 0 heteroatoms. The largest absolute Gasteiger partial charge is 0.0883 e. The average Bonchev–Trinajstić information content (AvgIpc) is 2.69. The fourth-order valence-electron chi connectivity index (χ4n) is 3.98. The number of aryl methyl sites for hydroxylation is 1. The highest BCUT2D eigenvalue weighted by Gasteiger charge is 2.20. The van der Waals surface area contributed by atoms with Crippen molar-refractivity contribution >= 4 is 0 Å². The SMILES string of the molecule is CCC/C=C/C1CCC(c2ccc(-c3ccc(CC)cc3)cc2)CC1. The molecule has 1 saturated carbocycles. The summed E-state index contributed by atoms with van der Waals surface area (Å²) in [6, 6.07) is 18.3. The van der Waals surface area contributed by atoms with Gasteiger partial charge in [0.2, 0.25) is 0 Å². The third kappa shape index (κ3) is 4.84. The van der Waals surface area contributed by atoms with Gasteiger partial charge in [-0.15, -0.1) is 0 Å². The Kier molecular flexibility index (Phi) is 6.50. The number of allylic oxidation sites excluding steroid dienone is 2. The van der Waals surface area contributed by atoms with Crippen LogP contribution in [0.2, 0.25) is 0 Å². The van der Waals surface area contributed by atoms with Gasteiger partial charge in [-0.3, -0.25) is 0 Å². The van der Waals surface area contributed by atoms with Gasteiger partial charge in [-0.25, -0.2) is 0 Å². The molecule has 0 heterocycles. The molecular formula is C25H32. The van der Waals surface area contributed by atoms with E-state index in [1.54, 1.807) is 0 Å². The molecule has 0 bridgehead atoms. The zero-order valence-corrected chi connectivity index (χ0v) is 15.9. The van der Waals surface area contributed by atoms with Crippen molar-refractivity contribution in [2.45, 2.75) is 64.7 Å². The second kappa shape index (κ2) is 9.04. The number of hydrogen-bond donors (Lipinski definition) is 0. The zero-order valence-electron chi connectivity index (χ0n) is 15.9. The lowest BCUT2D eigenvalue weighted by Gasteiger charge is -2.27. The van der Waals surface area contributed by atoms with Crippen LogP contribution in [0.15, 0.2) is 60.7 Å². The lowest BCUT2D eigenvalue weighted by Crippen LogP contribution is -2.11. The Morgan fingerprint density at radius 1 is 0.800 bits per heavy atom. The van der Waals surface area contributed by atoms with Crippen molar-refractivity contribution in [3.63, 3.8) is 0 Å². The van der Waals surface area contributed by atoms with Crippen LogP contribution >= 0.6 is 0 Å². The molecule has 0 N–H and O–H groups in total. The van der Waals surface area contributed by atoms with Gasteiger partial charge >= 0.3 is 0 Å². The Hall–Kier alpha value is -1.82. The van der Waals surface area contributed by atoms with Crippen molar-refractivity contribution in [3.05, 3.63) is 71.8 Å². The van der Waals surface area contributed by atoms with E-state index in [1.807, 2.05) is 0 Å². The van der Waals surface area contributed by atoms with Gasteiger partial charge in [0.25, 0.3) is 0 Å². The van der Waals surface area contributed by atoms with E-state index < -0.39 is 0 Å². The molecular weight excluding hydrogens is 300 g/mol. The number of benzene rings is 2. The van der Waals surface area contributed by atoms with Gasteiger partial charge in [-0.2, -0.15) is 0 Å². The molecule has 0 atom stereocenters. The fraction of sp³-hybridized carbons (Fsp3) is 0.440. The third-order valence-corrected chi connectivity index (χ3v) is 5.71. The molecule has 1 aliphatic rings. The van der Waals surface area contributed by atoms with E-state index in [0.29, 0.717) is 0 Å². The molecule has 1 fully saturated rings. The van der Waals surface area contributed by atoms with Gasteiger partial charge in [0.1, 0.15) is 0 Å². The van der Waals surface area contributed by atoms with Crippen molar-refractivity contribution in [1.29, 1.82) is 0 Å². The first-order valence-corrected chi connectivity index (χ1v) is 10.2. The van der Waals surface area contributed by atoms with E-state index in [4.69, 9.17) is 0 Å². The van der Waals surface area contributed by atoms with E-state index in [9.17, 15) is 0 Å². The number of hydrogen-bond acceptors (Lipinski definition) is 0. The van der Waals surface area contributed by atoms with Gasteiger partial charge in [-0.05, 0) is 72.6 Å². The molecule has 0 aliphatic heterocycles. The Morgan fingerprint density at radius 3 is 1.96 bits per heavy atom. The zero-order chi connectivity index (χ0) is 17.5. The van der Waals surface area contributed by atoms with Crippen molar-refractivity contribution < 1.29 is 0 Å². The molecule has 25 heavy (non-hydrogen) atoms. The summed E-state index contributed by atoms with van der Waals surface area (Å²) >= 11 is 0. The molecule has 0 unspecified atom stereocenters. The predicted molar refractivity (Wildman–Crippen MR) is 110 cm³/mol. The summed E-state index contributed by atoms with van der Waals surface area (Å²) < 4.78 is 0. The highest BCUT2D eigenvalue weighted by atomic mass is 14.3. The van der Waals surface area contributed by atoms with E-state index in [1.165, 1.54) is 60.8 Å². The second-order valence-corrected chi connectivity index (χ2v) is 7.50. The quantitative estimate of drug-likeness (QED) is 0.479. The molecule has 1 aliphatic carbocycles. The van der Waals surface area contributed by atoms with Gasteiger partial charge in [-0.1, -0.05) is 81.0 Å². The minimum absolute atomic E-state index is 0.757. The van der Waals surface area contributed by atoms with Crippen LogP contribution in [-0.4, -0.2) is 0 Å². The van der Waals surface area contributed by atoms with Crippen molar-refractivity contribution in [3.8, 4) is 11.1 Å². The third-order valence-electron chi connectivity index (χ3n) is 5.71. The molecule has 2 aromatic rings. The van der Waals surface area contributed by atoms with Gasteiger partial charge in [0, 0.05) is 0 Å². The first kappa shape index (κ1) is 18.0. The van der Waals surface area contributed by atoms with E-state index in [-0.39, 0.29) is 0 Å². The topological polar surface area (TPSA) is 0 Å². The highest BCUT2D eigenvalue weighted by Crippen LogP contribution is 2.37. The van der Waals surface area contributed by atoms with Crippen LogP contribution in [0.5, 0.6) is 0 Å².